The van der Waals surface area contributed by atoms with E-state index in [1.54, 1.807) is 4.90 Å². The van der Waals surface area contributed by atoms with Gasteiger partial charge in [-0.3, -0.25) is 4.79 Å². The summed E-state index contributed by atoms with van der Waals surface area (Å²) in [6, 6.07) is 0.0214. The Morgan fingerprint density at radius 2 is 1.89 bits per heavy atom. The topological polar surface area (TPSA) is 60.9 Å². The Hall–Kier alpha value is -1.26. The Morgan fingerprint density at radius 1 is 1.28 bits per heavy atom. The fourth-order valence-corrected chi connectivity index (χ4v) is 3.21. The quantitative estimate of drug-likeness (QED) is 0.829. The molecule has 5 heteroatoms. The largest absolute Gasteiger partial charge is 0.481 e. The summed E-state index contributed by atoms with van der Waals surface area (Å²) in [6.07, 6.45) is 3.82. The summed E-state index contributed by atoms with van der Waals surface area (Å²) in [5.74, 6) is 0.527. The lowest BCUT2D eigenvalue weighted by atomic mass is 10.0. The van der Waals surface area contributed by atoms with E-state index in [1.165, 1.54) is 19.3 Å². The highest BCUT2D eigenvalue weighted by Gasteiger charge is 2.38. The minimum Gasteiger partial charge on any atom is -0.481 e. The number of carboxylic acid groups (broad SMARTS) is 1. The molecule has 2 atom stereocenters. The number of aliphatic carboxylic acids is 1. The van der Waals surface area contributed by atoms with Gasteiger partial charge >= 0.3 is 12.0 Å². The first-order valence-electron chi connectivity index (χ1n) is 6.87. The summed E-state index contributed by atoms with van der Waals surface area (Å²) >= 11 is 0. The first kappa shape index (κ1) is 13.2. The van der Waals surface area contributed by atoms with Gasteiger partial charge in [-0.1, -0.05) is 6.42 Å². The van der Waals surface area contributed by atoms with E-state index >= 15 is 0 Å². The van der Waals surface area contributed by atoms with Crippen molar-refractivity contribution >= 4 is 12.0 Å². The van der Waals surface area contributed by atoms with E-state index in [2.05, 4.69) is 0 Å². The van der Waals surface area contributed by atoms with Crippen molar-refractivity contribution in [1.82, 2.24) is 9.80 Å². The molecule has 1 saturated carbocycles. The number of urea groups is 1. The highest BCUT2D eigenvalue weighted by Crippen LogP contribution is 2.37. The van der Waals surface area contributed by atoms with Gasteiger partial charge in [0.25, 0.3) is 0 Å². The molecule has 2 unspecified atom stereocenters. The van der Waals surface area contributed by atoms with Gasteiger partial charge < -0.3 is 14.9 Å². The number of hydrogen-bond acceptors (Lipinski definition) is 2. The molecule has 0 radical (unpaired) electrons. The average molecular weight is 254 g/mol. The third-order valence-electron chi connectivity index (χ3n) is 4.24. The van der Waals surface area contributed by atoms with Crippen LogP contribution in [0.25, 0.3) is 0 Å². The average Bonchev–Trinajstić information content (AvgIpc) is 2.88. The van der Waals surface area contributed by atoms with Crippen LogP contribution in [0.1, 0.15) is 32.6 Å². The van der Waals surface area contributed by atoms with Crippen LogP contribution in [0, 0.1) is 11.8 Å². The highest BCUT2D eigenvalue weighted by atomic mass is 16.4. The second-order valence-corrected chi connectivity index (χ2v) is 5.36. The van der Waals surface area contributed by atoms with Crippen molar-refractivity contribution in [2.45, 2.75) is 32.6 Å². The number of hydrogen-bond donors (Lipinski definition) is 1. The fourth-order valence-electron chi connectivity index (χ4n) is 3.21. The smallest absolute Gasteiger partial charge is 0.320 e. The van der Waals surface area contributed by atoms with E-state index < -0.39 is 5.97 Å². The minimum atomic E-state index is -0.848. The maximum Gasteiger partial charge on any atom is 0.320 e. The van der Waals surface area contributed by atoms with E-state index in [0.29, 0.717) is 24.9 Å². The lowest BCUT2D eigenvalue weighted by molar-refractivity contribution is -0.137. The molecule has 102 valence electrons. The Kier molecular flexibility index (Phi) is 4.09. The molecule has 18 heavy (non-hydrogen) atoms. The summed E-state index contributed by atoms with van der Waals surface area (Å²) in [5.41, 5.74) is 0. The van der Waals surface area contributed by atoms with E-state index in [4.69, 9.17) is 5.11 Å². The van der Waals surface area contributed by atoms with Gasteiger partial charge in [-0.25, -0.2) is 4.79 Å². The molecule has 0 spiro atoms. The molecule has 0 aromatic carbocycles. The van der Waals surface area contributed by atoms with Crippen molar-refractivity contribution < 1.29 is 14.7 Å². The van der Waals surface area contributed by atoms with Crippen LogP contribution in [0.2, 0.25) is 0 Å². The maximum absolute atomic E-state index is 12.3. The minimum absolute atomic E-state index is 0.0214. The van der Waals surface area contributed by atoms with Gasteiger partial charge in [-0.2, -0.15) is 0 Å². The van der Waals surface area contributed by atoms with E-state index in [0.717, 1.165) is 13.1 Å². The van der Waals surface area contributed by atoms with Crippen LogP contribution in [0.4, 0.5) is 4.79 Å². The van der Waals surface area contributed by atoms with Gasteiger partial charge in [0.2, 0.25) is 0 Å². The molecular weight excluding hydrogens is 232 g/mol. The third-order valence-corrected chi connectivity index (χ3v) is 4.24. The summed E-state index contributed by atoms with van der Waals surface area (Å²) in [6.45, 7) is 4.53. The zero-order valence-corrected chi connectivity index (χ0v) is 11.0. The monoisotopic (exact) mass is 254 g/mol. The van der Waals surface area contributed by atoms with Crippen molar-refractivity contribution in [3.8, 4) is 0 Å². The van der Waals surface area contributed by atoms with Crippen molar-refractivity contribution in [3.63, 3.8) is 0 Å². The molecule has 5 nitrogen and oxygen atoms in total. The number of nitrogens with zero attached hydrogens (tertiary/aromatic N) is 2. The van der Waals surface area contributed by atoms with Crippen LogP contribution in [-0.4, -0.2) is 53.1 Å². The highest BCUT2D eigenvalue weighted by molar-refractivity contribution is 5.75. The second kappa shape index (κ2) is 5.59. The number of amides is 2. The number of likely N-dealkylation sites (tertiary alicyclic amines) is 1. The molecule has 1 aliphatic carbocycles. The normalized spacial score (nSPS) is 26.2. The van der Waals surface area contributed by atoms with Crippen molar-refractivity contribution in [3.05, 3.63) is 0 Å². The Labute approximate surface area is 108 Å². The zero-order chi connectivity index (χ0) is 13.1. The van der Waals surface area contributed by atoms with Crippen LogP contribution >= 0.6 is 0 Å². The van der Waals surface area contributed by atoms with Crippen molar-refractivity contribution in [2.75, 3.05) is 26.2 Å². The van der Waals surface area contributed by atoms with E-state index in [-0.39, 0.29) is 12.5 Å². The lowest BCUT2D eigenvalue weighted by Crippen LogP contribution is -2.43. The summed E-state index contributed by atoms with van der Waals surface area (Å²) < 4.78 is 0. The SMILES string of the molecule is CCN(CCC(=O)O)C(=O)N1CC2CCCC2C1. The van der Waals surface area contributed by atoms with Crippen LogP contribution in [0.15, 0.2) is 0 Å². The molecule has 2 aliphatic rings. The van der Waals surface area contributed by atoms with Gasteiger partial charge in [-0.15, -0.1) is 0 Å². The Morgan fingerprint density at radius 3 is 2.39 bits per heavy atom. The molecule has 1 heterocycles. The molecule has 0 bridgehead atoms. The summed E-state index contributed by atoms with van der Waals surface area (Å²) in [4.78, 5) is 26.4. The van der Waals surface area contributed by atoms with Gasteiger partial charge in [0, 0.05) is 26.2 Å². The fraction of sp³-hybridized carbons (Fsp3) is 0.846. The molecular formula is C13H22N2O3. The van der Waals surface area contributed by atoms with Gasteiger partial charge in [0.15, 0.2) is 0 Å². The molecule has 0 aromatic heterocycles. The number of carbonyl (C=O) groups excluding carboxylic acids is 1. The molecule has 1 N–H and O–H groups in total. The van der Waals surface area contributed by atoms with Gasteiger partial charge in [-0.05, 0) is 31.6 Å². The number of carbonyl (C=O) groups is 2. The van der Waals surface area contributed by atoms with Crippen molar-refractivity contribution in [2.24, 2.45) is 11.8 Å². The number of rotatable bonds is 4. The van der Waals surface area contributed by atoms with Crippen LogP contribution < -0.4 is 0 Å². The maximum atomic E-state index is 12.3. The first-order valence-corrected chi connectivity index (χ1v) is 6.87. The van der Waals surface area contributed by atoms with E-state index in [9.17, 15) is 9.59 Å². The Bertz CT molecular complexity index is 320. The van der Waals surface area contributed by atoms with Crippen LogP contribution in [-0.2, 0) is 4.79 Å². The van der Waals surface area contributed by atoms with Gasteiger partial charge in [0.1, 0.15) is 0 Å². The lowest BCUT2D eigenvalue weighted by Gasteiger charge is -2.27. The number of carboxylic acids is 1. The third kappa shape index (κ3) is 2.76. The predicted octanol–water partition coefficient (Wildman–Crippen LogP) is 1.63. The standard InChI is InChI=1S/C13H22N2O3/c1-2-14(7-6-12(16)17)13(18)15-8-10-4-3-5-11(10)9-15/h10-11H,2-9H2,1H3,(H,16,17). The van der Waals surface area contributed by atoms with E-state index in [1.807, 2.05) is 11.8 Å². The summed E-state index contributed by atoms with van der Waals surface area (Å²) in [5, 5.41) is 8.68. The number of fused-ring (bicyclic) bond motifs is 1. The Balaban J connectivity index is 1.87. The zero-order valence-electron chi connectivity index (χ0n) is 11.0. The predicted molar refractivity (Wildman–Crippen MR) is 67.3 cm³/mol. The molecule has 2 amide bonds. The molecule has 2 fully saturated rings. The van der Waals surface area contributed by atoms with Crippen LogP contribution in [0.5, 0.6) is 0 Å². The second-order valence-electron chi connectivity index (χ2n) is 5.36. The molecule has 1 saturated heterocycles. The molecule has 2 rings (SSSR count). The summed E-state index contributed by atoms with van der Waals surface area (Å²) in [7, 11) is 0. The van der Waals surface area contributed by atoms with Crippen molar-refractivity contribution in [1.29, 1.82) is 0 Å². The molecule has 1 aliphatic heterocycles. The van der Waals surface area contributed by atoms with Crippen LogP contribution in [0.3, 0.4) is 0 Å². The first-order chi connectivity index (χ1) is 8.61. The van der Waals surface area contributed by atoms with Gasteiger partial charge in [0.05, 0.1) is 6.42 Å². The molecule has 0 aromatic rings.